The fourth-order valence-electron chi connectivity index (χ4n) is 4.30. The van der Waals surface area contributed by atoms with Crippen molar-refractivity contribution in [2.75, 3.05) is 44.7 Å². The van der Waals surface area contributed by atoms with E-state index in [-0.39, 0.29) is 5.56 Å². The number of likely N-dealkylation sites (N-methyl/N-ethyl adjacent to an activating group) is 1. The summed E-state index contributed by atoms with van der Waals surface area (Å²) in [6.45, 7) is 5.95. The van der Waals surface area contributed by atoms with Crippen LogP contribution in [0.4, 0.5) is 18.3 Å². The van der Waals surface area contributed by atoms with Crippen LogP contribution in [0.25, 0.3) is 11.4 Å². The number of hydrogen-bond donors (Lipinski definition) is 1. The predicted octanol–water partition coefficient (Wildman–Crippen LogP) is 3.22. The first kappa shape index (κ1) is 23.0. The smallest absolute Gasteiger partial charge is 0.346 e. The van der Waals surface area contributed by atoms with Gasteiger partial charge in [-0.25, -0.2) is 9.97 Å². The van der Waals surface area contributed by atoms with Crippen LogP contribution >= 0.6 is 11.3 Å². The Morgan fingerprint density at radius 2 is 1.82 bits per heavy atom. The molecule has 1 fully saturated rings. The van der Waals surface area contributed by atoms with Crippen molar-refractivity contribution in [2.24, 2.45) is 0 Å². The van der Waals surface area contributed by atoms with Gasteiger partial charge in [-0.1, -0.05) is 12.1 Å². The molecule has 0 amide bonds. The first-order chi connectivity index (χ1) is 16.3. The molecule has 1 N–H and O–H groups in total. The molecule has 0 saturated carbocycles. The van der Waals surface area contributed by atoms with Crippen LogP contribution in [0.1, 0.15) is 21.7 Å². The normalized spacial score (nSPS) is 17.7. The van der Waals surface area contributed by atoms with E-state index in [1.165, 1.54) is 12.1 Å². The lowest BCUT2D eigenvalue weighted by Gasteiger charge is -2.32. The van der Waals surface area contributed by atoms with Crippen molar-refractivity contribution in [3.8, 4) is 11.4 Å². The van der Waals surface area contributed by atoms with E-state index in [0.29, 0.717) is 42.2 Å². The minimum atomic E-state index is -4.40. The van der Waals surface area contributed by atoms with E-state index in [9.17, 15) is 18.0 Å². The van der Waals surface area contributed by atoms with Gasteiger partial charge in [-0.15, -0.1) is 11.3 Å². The van der Waals surface area contributed by atoms with Crippen LogP contribution in [0.3, 0.4) is 0 Å². The molecule has 0 spiro atoms. The molecule has 2 aliphatic rings. The van der Waals surface area contributed by atoms with E-state index in [0.717, 1.165) is 54.9 Å². The molecule has 0 unspecified atom stereocenters. The average molecular weight is 491 g/mol. The molecule has 34 heavy (non-hydrogen) atoms. The quantitative estimate of drug-likeness (QED) is 0.606. The van der Waals surface area contributed by atoms with Crippen LogP contribution in [0, 0.1) is 0 Å². The van der Waals surface area contributed by atoms with Crippen LogP contribution in [-0.4, -0.2) is 64.5 Å². The zero-order valence-electron chi connectivity index (χ0n) is 18.7. The largest absolute Gasteiger partial charge is 0.416 e. The number of aromatic nitrogens is 3. The molecule has 2 aliphatic heterocycles. The van der Waals surface area contributed by atoms with Crippen LogP contribution in [-0.2, 0) is 25.7 Å². The molecule has 2 aromatic heterocycles. The molecule has 0 radical (unpaired) electrons. The van der Waals surface area contributed by atoms with Crippen LogP contribution in [0.15, 0.2) is 35.3 Å². The summed E-state index contributed by atoms with van der Waals surface area (Å²) in [5.74, 6) is 0.296. The van der Waals surface area contributed by atoms with Crippen molar-refractivity contribution >= 4 is 16.5 Å². The lowest BCUT2D eigenvalue weighted by atomic mass is 10.1. The fourth-order valence-corrected chi connectivity index (χ4v) is 5.31. The molecule has 0 atom stereocenters. The Labute approximate surface area is 198 Å². The van der Waals surface area contributed by atoms with Gasteiger partial charge in [-0.2, -0.15) is 13.2 Å². The lowest BCUT2D eigenvalue weighted by molar-refractivity contribution is -0.137. The highest BCUT2D eigenvalue weighted by atomic mass is 32.1. The van der Waals surface area contributed by atoms with Crippen molar-refractivity contribution in [3.63, 3.8) is 0 Å². The van der Waals surface area contributed by atoms with Gasteiger partial charge in [0.15, 0.2) is 5.13 Å². The number of anilines is 1. The summed E-state index contributed by atoms with van der Waals surface area (Å²) in [4.78, 5) is 32.7. The molecule has 1 aromatic carbocycles. The minimum absolute atomic E-state index is 0.243. The van der Waals surface area contributed by atoms with Gasteiger partial charge in [0, 0.05) is 68.9 Å². The summed E-state index contributed by atoms with van der Waals surface area (Å²) >= 11 is 1.70. The van der Waals surface area contributed by atoms with E-state index in [1.807, 2.05) is 6.20 Å². The Balaban J connectivity index is 1.27. The van der Waals surface area contributed by atoms with Crippen molar-refractivity contribution in [1.29, 1.82) is 0 Å². The monoisotopic (exact) mass is 490 g/mol. The van der Waals surface area contributed by atoms with Crippen LogP contribution in [0.2, 0.25) is 0 Å². The average Bonchev–Trinajstić information content (AvgIpc) is 3.28. The summed E-state index contributed by atoms with van der Waals surface area (Å²) < 4.78 is 38.5. The third kappa shape index (κ3) is 4.86. The maximum atomic E-state index is 12.8. The summed E-state index contributed by atoms with van der Waals surface area (Å²) in [5.41, 5.74) is 0.803. The van der Waals surface area contributed by atoms with E-state index >= 15 is 0 Å². The number of H-pyrrole nitrogens is 1. The maximum absolute atomic E-state index is 12.8. The molecular formula is C23H25F3N6OS. The topological polar surface area (TPSA) is 68.4 Å². The lowest BCUT2D eigenvalue weighted by Crippen LogP contribution is -2.44. The van der Waals surface area contributed by atoms with Gasteiger partial charge >= 0.3 is 6.18 Å². The third-order valence-corrected chi connectivity index (χ3v) is 7.37. The van der Waals surface area contributed by atoms with Gasteiger partial charge in [-0.3, -0.25) is 9.69 Å². The molecule has 0 bridgehead atoms. The zero-order valence-corrected chi connectivity index (χ0v) is 19.5. The Kier molecular flexibility index (Phi) is 6.17. The summed E-state index contributed by atoms with van der Waals surface area (Å²) in [6.07, 6.45) is -1.87. The highest BCUT2D eigenvalue weighted by molar-refractivity contribution is 7.15. The number of nitrogens with zero attached hydrogens (tertiary/aromatic N) is 5. The Hall–Kier alpha value is -2.76. The van der Waals surface area contributed by atoms with Gasteiger partial charge < -0.3 is 14.8 Å². The van der Waals surface area contributed by atoms with Gasteiger partial charge in [-0.05, 0) is 19.2 Å². The second kappa shape index (κ2) is 9.12. The number of piperazine rings is 1. The molecule has 7 nitrogen and oxygen atoms in total. The molecule has 0 aliphatic carbocycles. The second-order valence-corrected chi connectivity index (χ2v) is 9.87. The van der Waals surface area contributed by atoms with Gasteiger partial charge in [0.1, 0.15) is 5.82 Å². The molecular weight excluding hydrogens is 465 g/mol. The van der Waals surface area contributed by atoms with Crippen LogP contribution < -0.4 is 10.5 Å². The third-order valence-electron chi connectivity index (χ3n) is 6.33. The van der Waals surface area contributed by atoms with Crippen LogP contribution in [0.5, 0.6) is 0 Å². The van der Waals surface area contributed by atoms with E-state index in [1.54, 1.807) is 11.3 Å². The second-order valence-electron chi connectivity index (χ2n) is 8.78. The number of aromatic amines is 1. The Bertz CT molecular complexity index is 1210. The Morgan fingerprint density at radius 3 is 2.53 bits per heavy atom. The molecule has 5 rings (SSSR count). The van der Waals surface area contributed by atoms with Gasteiger partial charge in [0.2, 0.25) is 0 Å². The van der Waals surface area contributed by atoms with E-state index < -0.39 is 11.7 Å². The van der Waals surface area contributed by atoms with Crippen molar-refractivity contribution in [3.05, 3.63) is 62.5 Å². The number of benzene rings is 1. The molecule has 11 heteroatoms. The number of halogens is 3. The summed E-state index contributed by atoms with van der Waals surface area (Å²) in [6, 6.07) is 4.68. The van der Waals surface area contributed by atoms with E-state index in [2.05, 4.69) is 36.7 Å². The highest BCUT2D eigenvalue weighted by Gasteiger charge is 2.30. The summed E-state index contributed by atoms with van der Waals surface area (Å²) in [5, 5.41) is 1.04. The molecule has 180 valence electrons. The van der Waals surface area contributed by atoms with E-state index in [4.69, 9.17) is 0 Å². The predicted molar refractivity (Wildman–Crippen MR) is 125 cm³/mol. The number of fused-ring (bicyclic) bond motifs is 1. The number of nitrogens with one attached hydrogen (secondary N) is 1. The minimum Gasteiger partial charge on any atom is -0.346 e. The number of thiazole rings is 1. The van der Waals surface area contributed by atoms with Crippen molar-refractivity contribution < 1.29 is 13.2 Å². The highest BCUT2D eigenvalue weighted by Crippen LogP contribution is 2.31. The number of hydrogen-bond acceptors (Lipinski definition) is 7. The van der Waals surface area contributed by atoms with Gasteiger partial charge in [0.25, 0.3) is 5.56 Å². The molecule has 3 aromatic rings. The Morgan fingerprint density at radius 1 is 1.09 bits per heavy atom. The maximum Gasteiger partial charge on any atom is 0.416 e. The first-order valence-electron chi connectivity index (χ1n) is 11.2. The number of alkyl halides is 3. The summed E-state index contributed by atoms with van der Waals surface area (Å²) in [7, 11) is 2.13. The van der Waals surface area contributed by atoms with Gasteiger partial charge in [0.05, 0.1) is 16.8 Å². The SMILES string of the molecule is CN1CCN(c2ncc(CN3CCc4nc(-c5ccc(C(F)(F)F)cc5)[nH]c(=O)c4C3)s2)CC1. The van der Waals surface area contributed by atoms with Crippen molar-refractivity contribution in [1.82, 2.24) is 24.8 Å². The molecule has 4 heterocycles. The standard InChI is InChI=1S/C23H25F3N6OS/c1-30-8-10-32(11-9-30)22-27-12-17(34-22)13-31-7-6-19-18(14-31)21(33)29-20(28-19)15-2-4-16(5-3-15)23(24,25)26/h2-5,12H,6-11,13-14H2,1H3,(H,28,29,33). The van der Waals surface area contributed by atoms with Crippen molar-refractivity contribution in [2.45, 2.75) is 25.7 Å². The first-order valence-corrected chi connectivity index (χ1v) is 12.0. The molecule has 1 saturated heterocycles. The number of rotatable bonds is 4. The zero-order chi connectivity index (χ0) is 23.9. The fraction of sp³-hybridized carbons (Fsp3) is 0.435.